The van der Waals surface area contributed by atoms with Gasteiger partial charge in [0.1, 0.15) is 17.3 Å². The Morgan fingerprint density at radius 1 is 1.16 bits per heavy atom. The zero-order chi connectivity index (χ0) is 14.4. The van der Waals surface area contributed by atoms with Crippen LogP contribution in [0.15, 0.2) is 16.6 Å². The fraction of sp³-hybridized carbons (Fsp3) is 0.182. The van der Waals surface area contributed by atoms with Crippen LogP contribution in [0.3, 0.4) is 0 Å². The van der Waals surface area contributed by atoms with Gasteiger partial charge in [-0.15, -0.1) is 0 Å². The van der Waals surface area contributed by atoms with Gasteiger partial charge in [0.25, 0.3) is 0 Å². The minimum Gasteiger partial charge on any atom is -0.272 e. The number of benzene rings is 1. The molecule has 0 aliphatic carbocycles. The quantitative estimate of drug-likeness (QED) is 0.763. The largest absolute Gasteiger partial charge is 0.433 e. The number of alkyl halides is 3. The second kappa shape index (κ2) is 4.59. The van der Waals surface area contributed by atoms with Crippen molar-refractivity contribution in [1.29, 1.82) is 0 Å². The van der Waals surface area contributed by atoms with E-state index in [1.807, 2.05) is 0 Å². The minimum absolute atomic E-state index is 0.111. The van der Waals surface area contributed by atoms with E-state index in [1.165, 1.54) is 6.92 Å². The average molecular weight is 341 g/mol. The van der Waals surface area contributed by atoms with Gasteiger partial charge in [-0.1, -0.05) is 0 Å². The number of rotatable bonds is 1. The van der Waals surface area contributed by atoms with Crippen LogP contribution in [0.2, 0.25) is 0 Å². The molecular weight excluding hydrogens is 335 g/mol. The fourth-order valence-electron chi connectivity index (χ4n) is 1.53. The van der Waals surface area contributed by atoms with Gasteiger partial charge in [0.05, 0.1) is 4.47 Å². The molecule has 8 heteroatoms. The van der Waals surface area contributed by atoms with Crippen LogP contribution < -0.4 is 0 Å². The van der Waals surface area contributed by atoms with Gasteiger partial charge >= 0.3 is 6.18 Å². The monoisotopic (exact) mass is 340 g/mol. The van der Waals surface area contributed by atoms with Crippen LogP contribution in [-0.2, 0) is 6.18 Å². The maximum absolute atomic E-state index is 13.6. The Kier molecular flexibility index (Phi) is 3.38. The SMILES string of the molecule is Cc1cc(-c2n[nH]c(C(F)(F)F)c2Br)c(F)cc1F. The lowest BCUT2D eigenvalue weighted by Gasteiger charge is -2.05. The molecule has 0 fully saturated rings. The molecule has 0 aliphatic rings. The lowest BCUT2D eigenvalue weighted by Crippen LogP contribution is -2.06. The van der Waals surface area contributed by atoms with Crippen molar-refractivity contribution >= 4 is 15.9 Å². The third-order valence-electron chi connectivity index (χ3n) is 2.49. The van der Waals surface area contributed by atoms with Crippen LogP contribution in [-0.4, -0.2) is 10.2 Å². The molecule has 0 saturated carbocycles. The van der Waals surface area contributed by atoms with Gasteiger partial charge < -0.3 is 0 Å². The first-order chi connectivity index (χ1) is 8.71. The number of hydrogen-bond donors (Lipinski definition) is 1. The predicted molar refractivity (Wildman–Crippen MR) is 61.4 cm³/mol. The summed E-state index contributed by atoms with van der Waals surface area (Å²) in [4.78, 5) is 0. The van der Waals surface area contributed by atoms with E-state index >= 15 is 0 Å². The molecule has 0 saturated heterocycles. The number of aromatic nitrogens is 2. The zero-order valence-electron chi connectivity index (χ0n) is 9.37. The molecule has 0 aliphatic heterocycles. The summed E-state index contributed by atoms with van der Waals surface area (Å²) in [5, 5.41) is 5.22. The average Bonchev–Trinajstić information content (AvgIpc) is 2.65. The van der Waals surface area contributed by atoms with Gasteiger partial charge in [-0.05, 0) is 34.5 Å². The number of hydrogen-bond acceptors (Lipinski definition) is 1. The van der Waals surface area contributed by atoms with Gasteiger partial charge in [0.15, 0.2) is 5.69 Å². The molecule has 2 nitrogen and oxygen atoms in total. The molecule has 0 radical (unpaired) electrons. The Labute approximate surface area is 112 Å². The van der Waals surface area contributed by atoms with Gasteiger partial charge in [-0.2, -0.15) is 18.3 Å². The molecule has 2 rings (SSSR count). The van der Waals surface area contributed by atoms with Crippen LogP contribution in [0.5, 0.6) is 0 Å². The third-order valence-corrected chi connectivity index (χ3v) is 3.27. The molecule has 0 atom stereocenters. The summed E-state index contributed by atoms with van der Waals surface area (Å²) in [6, 6.07) is 1.71. The lowest BCUT2D eigenvalue weighted by molar-refractivity contribution is -0.141. The van der Waals surface area contributed by atoms with E-state index in [0.29, 0.717) is 6.07 Å². The van der Waals surface area contributed by atoms with Crippen molar-refractivity contribution in [3.8, 4) is 11.3 Å². The highest BCUT2D eigenvalue weighted by atomic mass is 79.9. The topological polar surface area (TPSA) is 28.7 Å². The molecule has 19 heavy (non-hydrogen) atoms. The third kappa shape index (κ3) is 2.49. The van der Waals surface area contributed by atoms with E-state index in [2.05, 4.69) is 21.0 Å². The number of H-pyrrole nitrogens is 1. The zero-order valence-corrected chi connectivity index (χ0v) is 11.0. The Hall–Kier alpha value is -1.44. The van der Waals surface area contributed by atoms with Gasteiger partial charge in [-0.25, -0.2) is 8.78 Å². The Bertz CT molecular complexity index is 633. The molecule has 102 valence electrons. The molecule has 1 aromatic heterocycles. The Morgan fingerprint density at radius 3 is 2.32 bits per heavy atom. The summed E-state index contributed by atoms with van der Waals surface area (Å²) < 4.78 is 64.0. The number of aromatic amines is 1. The maximum Gasteiger partial charge on any atom is 0.433 e. The van der Waals surface area contributed by atoms with Crippen molar-refractivity contribution in [3.63, 3.8) is 0 Å². The molecule has 0 unspecified atom stereocenters. The van der Waals surface area contributed by atoms with Crippen LogP contribution in [0, 0.1) is 18.6 Å². The highest BCUT2D eigenvalue weighted by molar-refractivity contribution is 9.10. The van der Waals surface area contributed by atoms with Crippen molar-refractivity contribution in [2.75, 3.05) is 0 Å². The summed E-state index contributed by atoms with van der Waals surface area (Å²) in [5.41, 5.74) is -1.48. The van der Waals surface area contributed by atoms with E-state index in [4.69, 9.17) is 0 Å². The van der Waals surface area contributed by atoms with E-state index in [-0.39, 0.29) is 16.8 Å². The van der Waals surface area contributed by atoms with Crippen molar-refractivity contribution in [2.45, 2.75) is 13.1 Å². The standard InChI is InChI=1S/C11H6BrF5N2/c1-4-2-5(7(14)3-6(4)13)9-8(12)10(19-18-9)11(15,16)17/h2-3H,1H3,(H,18,19). The molecule has 1 heterocycles. The van der Waals surface area contributed by atoms with Crippen LogP contribution in [0.4, 0.5) is 22.0 Å². The molecule has 2 aromatic rings. The second-order valence-corrected chi connectivity index (χ2v) is 4.63. The van der Waals surface area contributed by atoms with Crippen molar-refractivity contribution in [3.05, 3.63) is 39.5 Å². The molecule has 0 spiro atoms. The molecule has 0 amide bonds. The van der Waals surface area contributed by atoms with Crippen molar-refractivity contribution < 1.29 is 22.0 Å². The highest BCUT2D eigenvalue weighted by Crippen LogP contribution is 2.39. The molecule has 1 aromatic carbocycles. The van der Waals surface area contributed by atoms with Crippen LogP contribution in [0.1, 0.15) is 11.3 Å². The fourth-order valence-corrected chi connectivity index (χ4v) is 2.15. The first-order valence-corrected chi connectivity index (χ1v) is 5.78. The number of aryl methyl sites for hydroxylation is 1. The molecular formula is C11H6BrF5N2. The molecule has 0 bridgehead atoms. The molecule has 1 N–H and O–H groups in total. The summed E-state index contributed by atoms with van der Waals surface area (Å²) >= 11 is 2.73. The van der Waals surface area contributed by atoms with E-state index < -0.39 is 28.0 Å². The second-order valence-electron chi connectivity index (χ2n) is 3.84. The maximum atomic E-state index is 13.6. The van der Waals surface area contributed by atoms with Crippen LogP contribution >= 0.6 is 15.9 Å². The van der Waals surface area contributed by atoms with Gasteiger partial charge in [-0.3, -0.25) is 5.10 Å². The van der Waals surface area contributed by atoms with E-state index in [1.54, 1.807) is 5.10 Å². The normalized spacial score (nSPS) is 11.9. The van der Waals surface area contributed by atoms with E-state index in [0.717, 1.165) is 6.07 Å². The van der Waals surface area contributed by atoms with Crippen molar-refractivity contribution in [2.24, 2.45) is 0 Å². The van der Waals surface area contributed by atoms with Gasteiger partial charge in [0.2, 0.25) is 0 Å². The Balaban J connectivity index is 2.61. The highest BCUT2D eigenvalue weighted by Gasteiger charge is 2.37. The first kappa shape index (κ1) is 14.0. The number of halogens is 6. The minimum atomic E-state index is -4.64. The predicted octanol–water partition coefficient (Wildman–Crippen LogP) is 4.44. The van der Waals surface area contributed by atoms with Gasteiger partial charge in [0, 0.05) is 11.6 Å². The first-order valence-electron chi connectivity index (χ1n) is 4.99. The smallest absolute Gasteiger partial charge is 0.272 e. The van der Waals surface area contributed by atoms with E-state index in [9.17, 15) is 22.0 Å². The Morgan fingerprint density at radius 2 is 1.79 bits per heavy atom. The number of nitrogens with one attached hydrogen (secondary N) is 1. The van der Waals surface area contributed by atoms with Crippen molar-refractivity contribution in [1.82, 2.24) is 10.2 Å². The van der Waals surface area contributed by atoms with Crippen LogP contribution in [0.25, 0.3) is 11.3 Å². The summed E-state index contributed by atoms with van der Waals surface area (Å²) in [6.45, 7) is 1.38. The summed E-state index contributed by atoms with van der Waals surface area (Å²) in [6.07, 6.45) is -4.64. The number of nitrogens with zero attached hydrogens (tertiary/aromatic N) is 1. The lowest BCUT2D eigenvalue weighted by atomic mass is 10.1. The summed E-state index contributed by atoms with van der Waals surface area (Å²) in [7, 11) is 0. The summed E-state index contributed by atoms with van der Waals surface area (Å²) in [5.74, 6) is -1.76.